The summed E-state index contributed by atoms with van der Waals surface area (Å²) in [5, 5.41) is 5.72. The predicted octanol–water partition coefficient (Wildman–Crippen LogP) is 3.59. The third-order valence-corrected chi connectivity index (χ3v) is 5.28. The molecule has 0 unspecified atom stereocenters. The molecule has 0 radical (unpaired) electrons. The highest BCUT2D eigenvalue weighted by atomic mass is 16.5. The molecule has 0 aliphatic heterocycles. The van der Waals surface area contributed by atoms with Gasteiger partial charge in [0.05, 0.1) is 35.5 Å². The number of methoxy groups -OCH3 is 5. The fourth-order valence-corrected chi connectivity index (χ4v) is 3.38. The van der Waals surface area contributed by atoms with Crippen molar-refractivity contribution in [3.8, 4) is 28.7 Å². The van der Waals surface area contributed by atoms with Crippen LogP contribution in [0.5, 0.6) is 28.7 Å². The van der Waals surface area contributed by atoms with Gasteiger partial charge in [0.2, 0.25) is 5.75 Å². The molecule has 3 aromatic carbocycles. The Morgan fingerprint density at radius 3 is 1.31 bits per heavy atom. The molecule has 9 heteroatoms. The predicted molar refractivity (Wildman–Crippen MR) is 130 cm³/mol. The molecule has 0 aromatic heterocycles. The summed E-state index contributed by atoms with van der Waals surface area (Å²) in [6.45, 7) is 0. The minimum absolute atomic E-state index is 0.379. The molecule has 0 atom stereocenters. The van der Waals surface area contributed by atoms with Gasteiger partial charge in [0.15, 0.2) is 11.5 Å². The highest BCUT2D eigenvalue weighted by molar-refractivity contribution is 5.97. The lowest BCUT2D eigenvalue weighted by Crippen LogP contribution is -2.41. The van der Waals surface area contributed by atoms with Crippen LogP contribution >= 0.6 is 0 Å². The van der Waals surface area contributed by atoms with Crippen molar-refractivity contribution in [2.24, 2.45) is 0 Å². The lowest BCUT2D eigenvalue weighted by atomic mass is 10.1. The van der Waals surface area contributed by atoms with Gasteiger partial charge in [0, 0.05) is 16.7 Å². The van der Waals surface area contributed by atoms with Gasteiger partial charge in [-0.05, 0) is 60.7 Å². The molecule has 3 rings (SSSR count). The van der Waals surface area contributed by atoms with Crippen LogP contribution in [0.1, 0.15) is 32.4 Å². The van der Waals surface area contributed by atoms with Crippen LogP contribution in [-0.2, 0) is 0 Å². The van der Waals surface area contributed by atoms with Gasteiger partial charge in [-0.1, -0.05) is 0 Å². The van der Waals surface area contributed by atoms with Crippen molar-refractivity contribution >= 4 is 11.8 Å². The number of ether oxygens (including phenoxy) is 5. The minimum atomic E-state index is -0.923. The van der Waals surface area contributed by atoms with Crippen molar-refractivity contribution < 1.29 is 33.3 Å². The number of rotatable bonds is 10. The molecule has 0 saturated heterocycles. The number of benzene rings is 3. The first kappa shape index (κ1) is 25.2. The molecule has 0 spiro atoms. The average Bonchev–Trinajstić information content (AvgIpc) is 2.91. The van der Waals surface area contributed by atoms with E-state index in [9.17, 15) is 9.59 Å². The first-order chi connectivity index (χ1) is 16.9. The molecule has 0 saturated carbocycles. The number of amides is 2. The Labute approximate surface area is 203 Å². The third-order valence-electron chi connectivity index (χ3n) is 5.28. The summed E-state index contributed by atoms with van der Waals surface area (Å²) in [7, 11) is 7.56. The van der Waals surface area contributed by atoms with Gasteiger partial charge in [0.1, 0.15) is 17.7 Å². The molecule has 0 heterocycles. The molecular weight excluding hydrogens is 452 g/mol. The zero-order valence-corrected chi connectivity index (χ0v) is 20.2. The molecule has 9 nitrogen and oxygen atoms in total. The molecule has 0 aliphatic carbocycles. The van der Waals surface area contributed by atoms with E-state index in [0.29, 0.717) is 45.4 Å². The van der Waals surface area contributed by atoms with E-state index in [0.717, 1.165) is 0 Å². The third kappa shape index (κ3) is 5.94. The van der Waals surface area contributed by atoms with Gasteiger partial charge in [-0.25, -0.2) is 0 Å². The molecular formula is C26H28N2O7. The van der Waals surface area contributed by atoms with Crippen LogP contribution in [-0.4, -0.2) is 47.4 Å². The number of hydrogen-bond donors (Lipinski definition) is 2. The van der Waals surface area contributed by atoms with Gasteiger partial charge < -0.3 is 34.3 Å². The Morgan fingerprint density at radius 1 is 0.600 bits per heavy atom. The molecule has 0 aliphatic rings. The van der Waals surface area contributed by atoms with Crippen LogP contribution in [0.3, 0.4) is 0 Å². The highest BCUT2D eigenvalue weighted by Gasteiger charge is 2.23. The maximum atomic E-state index is 13.1. The maximum Gasteiger partial charge on any atom is 0.253 e. The molecule has 35 heavy (non-hydrogen) atoms. The van der Waals surface area contributed by atoms with Gasteiger partial charge >= 0.3 is 0 Å². The fourth-order valence-electron chi connectivity index (χ4n) is 3.38. The smallest absolute Gasteiger partial charge is 0.253 e. The summed E-state index contributed by atoms with van der Waals surface area (Å²) in [4.78, 5) is 26.1. The SMILES string of the molecule is COc1ccc(C(=O)NC(NC(=O)c2ccc(OC)cc2)c2cc(OC)c(OC)c(OC)c2)cc1. The Morgan fingerprint density at radius 2 is 1.00 bits per heavy atom. The van der Waals surface area contributed by atoms with Crippen LogP contribution in [0.15, 0.2) is 60.7 Å². The van der Waals surface area contributed by atoms with Gasteiger partial charge in [0.25, 0.3) is 11.8 Å². The summed E-state index contributed by atoms with van der Waals surface area (Å²) in [5.41, 5.74) is 1.30. The van der Waals surface area contributed by atoms with E-state index in [1.165, 1.54) is 21.3 Å². The first-order valence-corrected chi connectivity index (χ1v) is 10.6. The van der Waals surface area contributed by atoms with Crippen LogP contribution in [0, 0.1) is 0 Å². The van der Waals surface area contributed by atoms with Crippen LogP contribution in [0.4, 0.5) is 0 Å². The van der Waals surface area contributed by atoms with E-state index in [2.05, 4.69) is 10.6 Å². The van der Waals surface area contributed by atoms with Crippen molar-refractivity contribution in [3.63, 3.8) is 0 Å². The van der Waals surface area contributed by atoms with Crippen molar-refractivity contribution in [1.29, 1.82) is 0 Å². The zero-order chi connectivity index (χ0) is 25.4. The van der Waals surface area contributed by atoms with Crippen molar-refractivity contribution in [1.82, 2.24) is 10.6 Å². The second kappa shape index (κ2) is 11.6. The number of carbonyl (C=O) groups is 2. The van der Waals surface area contributed by atoms with Gasteiger partial charge in [-0.15, -0.1) is 0 Å². The van der Waals surface area contributed by atoms with Crippen molar-refractivity contribution in [2.75, 3.05) is 35.5 Å². The van der Waals surface area contributed by atoms with Crippen LogP contribution in [0.2, 0.25) is 0 Å². The van der Waals surface area contributed by atoms with Gasteiger partial charge in [-0.2, -0.15) is 0 Å². The van der Waals surface area contributed by atoms with Crippen molar-refractivity contribution in [2.45, 2.75) is 6.17 Å². The van der Waals surface area contributed by atoms with Crippen LogP contribution < -0.4 is 34.3 Å². The topological polar surface area (TPSA) is 104 Å². The zero-order valence-electron chi connectivity index (χ0n) is 20.2. The van der Waals surface area contributed by atoms with Crippen molar-refractivity contribution in [3.05, 3.63) is 77.4 Å². The fraction of sp³-hybridized carbons (Fsp3) is 0.231. The Kier molecular flexibility index (Phi) is 8.39. The lowest BCUT2D eigenvalue weighted by molar-refractivity contribution is 0.0883. The second-order valence-electron chi connectivity index (χ2n) is 7.30. The summed E-state index contributed by atoms with van der Waals surface area (Å²) >= 11 is 0. The monoisotopic (exact) mass is 480 g/mol. The number of hydrogen-bond acceptors (Lipinski definition) is 7. The quantitative estimate of drug-likeness (QED) is 0.428. The highest BCUT2D eigenvalue weighted by Crippen LogP contribution is 2.39. The summed E-state index contributed by atoms with van der Waals surface area (Å²) in [5.74, 6) is 1.59. The Hall–Kier alpha value is -4.40. The normalized spacial score (nSPS) is 10.3. The first-order valence-electron chi connectivity index (χ1n) is 10.6. The summed E-state index contributed by atoms with van der Waals surface area (Å²) < 4.78 is 26.6. The Bertz CT molecular complexity index is 1070. The van der Waals surface area contributed by atoms with E-state index >= 15 is 0 Å². The number of carbonyl (C=O) groups excluding carboxylic acids is 2. The minimum Gasteiger partial charge on any atom is -0.497 e. The largest absolute Gasteiger partial charge is 0.497 e. The van der Waals surface area contributed by atoms with Gasteiger partial charge in [-0.3, -0.25) is 9.59 Å². The lowest BCUT2D eigenvalue weighted by Gasteiger charge is -2.23. The Balaban J connectivity index is 1.97. The summed E-state index contributed by atoms with van der Waals surface area (Å²) in [6, 6.07) is 16.6. The maximum absolute atomic E-state index is 13.1. The van der Waals surface area contributed by atoms with Crippen LogP contribution in [0.25, 0.3) is 0 Å². The van der Waals surface area contributed by atoms with E-state index in [-0.39, 0.29) is 0 Å². The molecule has 184 valence electrons. The summed E-state index contributed by atoms with van der Waals surface area (Å²) in [6.07, 6.45) is -0.923. The molecule has 2 N–H and O–H groups in total. The molecule has 0 fully saturated rings. The second-order valence-corrected chi connectivity index (χ2v) is 7.30. The van der Waals surface area contributed by atoms with E-state index in [1.807, 2.05) is 0 Å². The van der Waals surface area contributed by atoms with E-state index in [1.54, 1.807) is 74.9 Å². The molecule has 3 aromatic rings. The van der Waals surface area contributed by atoms with E-state index in [4.69, 9.17) is 23.7 Å². The average molecular weight is 481 g/mol. The standard InChI is InChI=1S/C26H28N2O7/c1-31-19-10-6-16(7-11-19)25(29)27-24(28-26(30)17-8-12-20(32-2)13-9-17)18-14-21(33-3)23(35-5)22(15-18)34-4/h6-15,24H,1-5H3,(H,27,29)(H,28,30). The number of nitrogens with one attached hydrogen (secondary N) is 2. The molecule has 0 bridgehead atoms. The van der Waals surface area contributed by atoms with E-state index < -0.39 is 18.0 Å². The molecule has 2 amide bonds.